The molecule has 1 saturated carbocycles. The highest BCUT2D eigenvalue weighted by Gasteiger charge is 2.34. The van der Waals surface area contributed by atoms with Gasteiger partial charge < -0.3 is 10.6 Å². The molecule has 0 aromatic carbocycles. The van der Waals surface area contributed by atoms with Gasteiger partial charge in [-0.2, -0.15) is 0 Å². The third kappa shape index (κ3) is 3.36. The first-order valence-corrected chi connectivity index (χ1v) is 8.00. The fourth-order valence-electron chi connectivity index (χ4n) is 2.23. The van der Waals surface area contributed by atoms with Crippen molar-refractivity contribution in [3.05, 3.63) is 0 Å². The Kier molecular flexibility index (Phi) is 4.18. The van der Waals surface area contributed by atoms with Crippen LogP contribution in [0.15, 0.2) is 4.34 Å². The molecule has 1 aliphatic rings. The first-order valence-electron chi connectivity index (χ1n) is 6.30. The second-order valence-corrected chi connectivity index (χ2v) is 8.41. The van der Waals surface area contributed by atoms with E-state index in [9.17, 15) is 0 Å². The van der Waals surface area contributed by atoms with E-state index in [1.165, 1.54) is 6.42 Å². The van der Waals surface area contributed by atoms with E-state index in [-0.39, 0.29) is 6.04 Å². The normalized spacial score (nSPS) is 27.2. The first kappa shape index (κ1) is 14.1. The average molecular weight is 286 g/mol. The smallest absolute Gasteiger partial charge is 0.208 e. The van der Waals surface area contributed by atoms with Crippen LogP contribution >= 0.6 is 23.1 Å². The highest BCUT2D eigenvalue weighted by atomic mass is 32.2. The van der Waals surface area contributed by atoms with Gasteiger partial charge in [-0.1, -0.05) is 36.9 Å². The lowest BCUT2D eigenvalue weighted by molar-refractivity contribution is 0.232. The summed E-state index contributed by atoms with van der Waals surface area (Å²) in [5.74, 6) is 0. The molecule has 1 fully saturated rings. The number of hydrogen-bond donors (Lipinski definition) is 1. The predicted octanol–water partition coefficient (Wildman–Crippen LogP) is 2.60. The summed E-state index contributed by atoms with van der Waals surface area (Å²) in [5, 5.41) is 9.85. The van der Waals surface area contributed by atoms with Crippen LogP contribution in [0.25, 0.3) is 0 Å². The summed E-state index contributed by atoms with van der Waals surface area (Å²) in [5.41, 5.74) is 6.65. The molecule has 0 amide bonds. The Morgan fingerprint density at radius 2 is 2.11 bits per heavy atom. The lowest BCUT2D eigenvalue weighted by atomic mass is 9.75. The van der Waals surface area contributed by atoms with E-state index in [1.54, 1.807) is 23.1 Å². The number of nitrogens with two attached hydrogens (primary N) is 1. The molecule has 1 aliphatic carbocycles. The molecule has 0 saturated heterocycles. The topological polar surface area (TPSA) is 55.0 Å². The Morgan fingerprint density at radius 3 is 2.72 bits per heavy atom. The Balaban J connectivity index is 2.02. The molecule has 1 aromatic rings. The van der Waals surface area contributed by atoms with Crippen LogP contribution in [0.2, 0.25) is 0 Å². The molecule has 1 heterocycles. The van der Waals surface area contributed by atoms with Gasteiger partial charge in [0.05, 0.1) is 0 Å². The van der Waals surface area contributed by atoms with Crippen molar-refractivity contribution in [1.82, 2.24) is 10.2 Å². The first-order chi connectivity index (χ1) is 8.37. The number of thioether (sulfide) groups is 1. The molecular weight excluding hydrogens is 264 g/mol. The van der Waals surface area contributed by atoms with Gasteiger partial charge in [-0.3, -0.25) is 0 Å². The summed E-state index contributed by atoms with van der Waals surface area (Å²) in [7, 11) is 3.98. The highest BCUT2D eigenvalue weighted by Crippen LogP contribution is 2.43. The molecule has 0 bridgehead atoms. The molecular formula is C12H22N4S2. The minimum absolute atomic E-state index is 0.287. The number of aromatic nitrogens is 2. The summed E-state index contributed by atoms with van der Waals surface area (Å²) in [6.45, 7) is 4.66. The van der Waals surface area contributed by atoms with Gasteiger partial charge in [0, 0.05) is 25.4 Å². The maximum Gasteiger partial charge on any atom is 0.208 e. The van der Waals surface area contributed by atoms with Crippen LogP contribution in [0.1, 0.15) is 33.1 Å². The molecule has 102 valence electrons. The standard InChI is InChI=1S/C12H22N4S2/c1-12(2)6-5-8(13)9(7-12)17-11-15-14-10(18-11)16(3)4/h8-9H,5-7,13H2,1-4H3. The highest BCUT2D eigenvalue weighted by molar-refractivity contribution is 8.01. The third-order valence-corrected chi connectivity index (χ3v) is 5.94. The molecule has 1 aromatic heterocycles. The Bertz CT molecular complexity index is 403. The van der Waals surface area contributed by atoms with Crippen LogP contribution in [0.3, 0.4) is 0 Å². The molecule has 2 N–H and O–H groups in total. The van der Waals surface area contributed by atoms with Crippen molar-refractivity contribution in [3.63, 3.8) is 0 Å². The second-order valence-electron chi connectivity index (χ2n) is 5.97. The SMILES string of the molecule is CN(C)c1nnc(SC2CC(C)(C)CCC2N)s1. The lowest BCUT2D eigenvalue weighted by Crippen LogP contribution is -2.41. The minimum atomic E-state index is 0.287. The fraction of sp³-hybridized carbons (Fsp3) is 0.833. The van der Waals surface area contributed by atoms with Gasteiger partial charge in [0.25, 0.3) is 0 Å². The molecule has 4 nitrogen and oxygen atoms in total. The number of nitrogens with zero attached hydrogens (tertiary/aromatic N) is 3. The maximum absolute atomic E-state index is 6.24. The summed E-state index contributed by atoms with van der Waals surface area (Å²) in [4.78, 5) is 1.99. The van der Waals surface area contributed by atoms with E-state index < -0.39 is 0 Å². The van der Waals surface area contributed by atoms with Gasteiger partial charge in [-0.05, 0) is 24.7 Å². The quantitative estimate of drug-likeness (QED) is 0.925. The van der Waals surface area contributed by atoms with Gasteiger partial charge in [0.2, 0.25) is 5.13 Å². The molecule has 18 heavy (non-hydrogen) atoms. The van der Waals surface area contributed by atoms with E-state index in [1.807, 2.05) is 19.0 Å². The van der Waals surface area contributed by atoms with Gasteiger partial charge in [-0.25, -0.2) is 0 Å². The number of anilines is 1. The fourth-order valence-corrected chi connectivity index (χ4v) is 4.71. The molecule has 2 rings (SSSR count). The van der Waals surface area contributed by atoms with E-state index in [0.29, 0.717) is 10.7 Å². The van der Waals surface area contributed by atoms with Crippen molar-refractivity contribution in [2.45, 2.75) is 48.7 Å². The molecule has 0 aliphatic heterocycles. The van der Waals surface area contributed by atoms with Crippen molar-refractivity contribution >= 4 is 28.2 Å². The molecule has 0 radical (unpaired) electrons. The third-order valence-electron chi connectivity index (χ3n) is 3.42. The van der Waals surface area contributed by atoms with Gasteiger partial charge >= 0.3 is 0 Å². The Morgan fingerprint density at radius 1 is 1.39 bits per heavy atom. The van der Waals surface area contributed by atoms with Crippen LogP contribution in [0.5, 0.6) is 0 Å². The van der Waals surface area contributed by atoms with Crippen LogP contribution in [0.4, 0.5) is 5.13 Å². The monoisotopic (exact) mass is 286 g/mol. The van der Waals surface area contributed by atoms with Crippen LogP contribution < -0.4 is 10.6 Å². The summed E-state index contributed by atoms with van der Waals surface area (Å²) < 4.78 is 1.04. The second kappa shape index (κ2) is 5.35. The predicted molar refractivity (Wildman–Crippen MR) is 79.5 cm³/mol. The van der Waals surface area contributed by atoms with Crippen molar-refractivity contribution in [3.8, 4) is 0 Å². The lowest BCUT2D eigenvalue weighted by Gasteiger charge is -2.38. The van der Waals surface area contributed by atoms with Crippen LogP contribution in [-0.4, -0.2) is 35.6 Å². The Labute approximate surface area is 117 Å². The zero-order valence-electron chi connectivity index (χ0n) is 11.5. The molecule has 2 atom stereocenters. The van der Waals surface area contributed by atoms with Crippen molar-refractivity contribution in [1.29, 1.82) is 0 Å². The van der Waals surface area contributed by atoms with E-state index in [4.69, 9.17) is 5.73 Å². The zero-order valence-corrected chi connectivity index (χ0v) is 13.1. The molecule has 0 spiro atoms. The maximum atomic E-state index is 6.24. The molecule has 2 unspecified atom stereocenters. The van der Waals surface area contributed by atoms with Gasteiger partial charge in [-0.15, -0.1) is 10.2 Å². The summed E-state index contributed by atoms with van der Waals surface area (Å²) in [6.07, 6.45) is 3.50. The largest absolute Gasteiger partial charge is 0.353 e. The zero-order chi connectivity index (χ0) is 13.3. The summed E-state index contributed by atoms with van der Waals surface area (Å²) >= 11 is 3.45. The van der Waals surface area contributed by atoms with Crippen molar-refractivity contribution in [2.75, 3.05) is 19.0 Å². The number of rotatable bonds is 3. The van der Waals surface area contributed by atoms with E-state index >= 15 is 0 Å². The van der Waals surface area contributed by atoms with Gasteiger partial charge in [0.15, 0.2) is 4.34 Å². The average Bonchev–Trinajstić information content (AvgIpc) is 2.72. The van der Waals surface area contributed by atoms with Crippen molar-refractivity contribution < 1.29 is 0 Å². The van der Waals surface area contributed by atoms with Gasteiger partial charge in [0.1, 0.15) is 0 Å². The molecule has 6 heteroatoms. The summed E-state index contributed by atoms with van der Waals surface area (Å²) in [6, 6.07) is 0.287. The van der Waals surface area contributed by atoms with Crippen LogP contribution in [-0.2, 0) is 0 Å². The number of hydrogen-bond acceptors (Lipinski definition) is 6. The van der Waals surface area contributed by atoms with Crippen LogP contribution in [0, 0.1) is 5.41 Å². The van der Waals surface area contributed by atoms with E-state index in [0.717, 1.165) is 22.3 Å². The van der Waals surface area contributed by atoms with E-state index in [2.05, 4.69) is 24.0 Å². The van der Waals surface area contributed by atoms with Crippen molar-refractivity contribution in [2.24, 2.45) is 11.1 Å². The minimum Gasteiger partial charge on any atom is -0.353 e. The Hall–Kier alpha value is -0.330.